The van der Waals surface area contributed by atoms with Crippen LogP contribution in [-0.2, 0) is 4.74 Å². The van der Waals surface area contributed by atoms with Gasteiger partial charge in [0.05, 0.1) is 13.2 Å². The van der Waals surface area contributed by atoms with E-state index in [2.05, 4.69) is 44.3 Å². The van der Waals surface area contributed by atoms with E-state index in [0.717, 1.165) is 58.4 Å². The van der Waals surface area contributed by atoms with E-state index in [4.69, 9.17) is 4.74 Å². The largest absolute Gasteiger partial charge is 0.379 e. The van der Waals surface area contributed by atoms with Crippen molar-refractivity contribution >= 4 is 29.9 Å². The third-order valence-corrected chi connectivity index (χ3v) is 7.00. The molecule has 0 amide bonds. The summed E-state index contributed by atoms with van der Waals surface area (Å²) in [6.07, 6.45) is 6.63. The van der Waals surface area contributed by atoms with Gasteiger partial charge in [-0.25, -0.2) is 0 Å². The first-order valence-corrected chi connectivity index (χ1v) is 11.3. The maximum Gasteiger partial charge on any atom is 0.191 e. The molecule has 2 N–H and O–H groups in total. The van der Waals surface area contributed by atoms with E-state index in [9.17, 15) is 0 Å². The Morgan fingerprint density at radius 3 is 2.28 bits per heavy atom. The molecule has 0 aromatic carbocycles. The van der Waals surface area contributed by atoms with Gasteiger partial charge in [-0.15, -0.1) is 24.0 Å². The van der Waals surface area contributed by atoms with Crippen molar-refractivity contribution in [2.75, 3.05) is 79.7 Å². The Hall–Kier alpha value is -0.160. The molecule has 1 saturated carbocycles. The number of hydrogen-bond acceptors (Lipinski definition) is 5. The molecular weight excluding hydrogens is 479 g/mol. The SMILES string of the molecule is CN=C(NCC(C)N1CCN(C)CC1)NCC1(N2CCOCC2)CCCCC1.I. The van der Waals surface area contributed by atoms with Crippen LogP contribution in [0.15, 0.2) is 4.99 Å². The topological polar surface area (TPSA) is 55.4 Å². The molecule has 3 fully saturated rings. The number of halogens is 1. The molecular formula is C21H43IN6O. The summed E-state index contributed by atoms with van der Waals surface area (Å²) >= 11 is 0. The number of guanidine groups is 1. The fraction of sp³-hybridized carbons (Fsp3) is 0.952. The summed E-state index contributed by atoms with van der Waals surface area (Å²) in [5.74, 6) is 0.944. The maximum atomic E-state index is 5.61. The minimum absolute atomic E-state index is 0. The molecule has 0 aromatic rings. The average molecular weight is 523 g/mol. The van der Waals surface area contributed by atoms with Gasteiger partial charge in [-0.3, -0.25) is 14.8 Å². The summed E-state index contributed by atoms with van der Waals surface area (Å²) in [7, 11) is 4.10. The number of ether oxygens (including phenoxy) is 1. The Labute approximate surface area is 195 Å². The third kappa shape index (κ3) is 7.19. The molecule has 1 unspecified atom stereocenters. The van der Waals surface area contributed by atoms with Gasteiger partial charge in [-0.1, -0.05) is 19.3 Å². The number of nitrogens with zero attached hydrogens (tertiary/aromatic N) is 4. The quantitative estimate of drug-likeness (QED) is 0.313. The number of nitrogens with one attached hydrogen (secondary N) is 2. The number of rotatable bonds is 6. The lowest BCUT2D eigenvalue weighted by atomic mass is 9.80. The van der Waals surface area contributed by atoms with Crippen LogP contribution in [0.25, 0.3) is 0 Å². The Morgan fingerprint density at radius 1 is 1.00 bits per heavy atom. The van der Waals surface area contributed by atoms with Crippen molar-refractivity contribution in [1.29, 1.82) is 0 Å². The van der Waals surface area contributed by atoms with E-state index in [-0.39, 0.29) is 29.5 Å². The van der Waals surface area contributed by atoms with Crippen LogP contribution in [0.3, 0.4) is 0 Å². The van der Waals surface area contributed by atoms with Crippen LogP contribution in [0.1, 0.15) is 39.0 Å². The van der Waals surface area contributed by atoms with Gasteiger partial charge >= 0.3 is 0 Å². The van der Waals surface area contributed by atoms with E-state index >= 15 is 0 Å². The predicted octanol–water partition coefficient (Wildman–Crippen LogP) is 1.44. The molecule has 0 radical (unpaired) electrons. The standard InChI is InChI=1S/C21H42N6O.HI/c1-19(26-11-9-25(3)10-12-26)17-23-20(22-2)24-18-21(7-5-4-6-8-21)27-13-15-28-16-14-27;/h19H,4-18H2,1-3H3,(H2,22,23,24);1H. The molecule has 2 aliphatic heterocycles. The fourth-order valence-corrected chi connectivity index (χ4v) is 4.96. The van der Waals surface area contributed by atoms with Crippen molar-refractivity contribution < 1.29 is 4.74 Å². The zero-order valence-electron chi connectivity index (χ0n) is 18.8. The lowest BCUT2D eigenvalue weighted by Gasteiger charge is -2.48. The van der Waals surface area contributed by atoms with E-state index in [0.29, 0.717) is 6.04 Å². The molecule has 170 valence electrons. The van der Waals surface area contributed by atoms with Gasteiger partial charge in [-0.05, 0) is 26.8 Å². The van der Waals surface area contributed by atoms with E-state index in [1.165, 1.54) is 45.2 Å². The smallest absolute Gasteiger partial charge is 0.191 e. The van der Waals surface area contributed by atoms with Crippen LogP contribution < -0.4 is 10.6 Å². The first-order valence-electron chi connectivity index (χ1n) is 11.3. The Morgan fingerprint density at radius 2 is 1.66 bits per heavy atom. The molecule has 0 spiro atoms. The first kappa shape index (κ1) is 25.1. The van der Waals surface area contributed by atoms with Crippen LogP contribution in [0, 0.1) is 0 Å². The summed E-state index contributed by atoms with van der Waals surface area (Å²) in [5, 5.41) is 7.25. The molecule has 7 nitrogen and oxygen atoms in total. The minimum Gasteiger partial charge on any atom is -0.379 e. The van der Waals surface area contributed by atoms with Crippen LogP contribution in [-0.4, -0.2) is 112 Å². The summed E-state index contributed by atoms with van der Waals surface area (Å²) in [5.41, 5.74) is 0.267. The van der Waals surface area contributed by atoms with Gasteiger partial charge in [0.15, 0.2) is 5.96 Å². The molecule has 29 heavy (non-hydrogen) atoms. The Kier molecular flexibility index (Phi) is 10.9. The molecule has 8 heteroatoms. The molecule has 1 aliphatic carbocycles. The highest BCUT2D eigenvalue weighted by Crippen LogP contribution is 2.33. The van der Waals surface area contributed by atoms with Gasteiger partial charge in [-0.2, -0.15) is 0 Å². The summed E-state index contributed by atoms with van der Waals surface area (Å²) in [6, 6.07) is 0.523. The molecule has 3 aliphatic rings. The highest BCUT2D eigenvalue weighted by molar-refractivity contribution is 14.0. The molecule has 0 aromatic heterocycles. The second-order valence-electron chi connectivity index (χ2n) is 8.88. The zero-order chi connectivity index (χ0) is 19.8. The third-order valence-electron chi connectivity index (χ3n) is 7.00. The van der Waals surface area contributed by atoms with Gasteiger partial charge in [0.1, 0.15) is 0 Å². The van der Waals surface area contributed by atoms with Gasteiger partial charge in [0, 0.05) is 71.0 Å². The molecule has 2 saturated heterocycles. The lowest BCUT2D eigenvalue weighted by Crippen LogP contribution is -2.61. The van der Waals surface area contributed by atoms with Gasteiger partial charge < -0.3 is 20.3 Å². The second-order valence-corrected chi connectivity index (χ2v) is 8.88. The lowest BCUT2D eigenvalue weighted by molar-refractivity contribution is -0.0352. The summed E-state index contributed by atoms with van der Waals surface area (Å²) in [4.78, 5) is 12.2. The van der Waals surface area contributed by atoms with Crippen molar-refractivity contribution in [2.45, 2.75) is 50.6 Å². The maximum absolute atomic E-state index is 5.61. The predicted molar refractivity (Wildman–Crippen MR) is 132 cm³/mol. The summed E-state index contributed by atoms with van der Waals surface area (Å²) in [6.45, 7) is 12.8. The minimum atomic E-state index is 0. The molecule has 1 atom stereocenters. The van der Waals surface area contributed by atoms with Crippen LogP contribution in [0.2, 0.25) is 0 Å². The van der Waals surface area contributed by atoms with Gasteiger partial charge in [0.25, 0.3) is 0 Å². The monoisotopic (exact) mass is 522 g/mol. The highest BCUT2D eigenvalue weighted by Gasteiger charge is 2.38. The van der Waals surface area contributed by atoms with E-state index in [1.807, 2.05) is 7.05 Å². The normalized spacial score (nSPS) is 25.8. The van der Waals surface area contributed by atoms with Crippen molar-refractivity contribution in [2.24, 2.45) is 4.99 Å². The Bertz CT molecular complexity index is 486. The average Bonchev–Trinajstić information content (AvgIpc) is 2.75. The fourth-order valence-electron chi connectivity index (χ4n) is 4.96. The number of piperazine rings is 1. The number of likely N-dealkylation sites (N-methyl/N-ethyl adjacent to an activating group) is 1. The van der Waals surface area contributed by atoms with Crippen molar-refractivity contribution in [3.8, 4) is 0 Å². The van der Waals surface area contributed by atoms with Crippen LogP contribution in [0.5, 0.6) is 0 Å². The molecule has 0 bridgehead atoms. The second kappa shape index (κ2) is 12.6. The first-order chi connectivity index (χ1) is 13.6. The van der Waals surface area contributed by atoms with E-state index < -0.39 is 0 Å². The molecule has 3 rings (SSSR count). The van der Waals surface area contributed by atoms with E-state index in [1.54, 1.807) is 0 Å². The van der Waals surface area contributed by atoms with Crippen molar-refractivity contribution in [3.63, 3.8) is 0 Å². The highest BCUT2D eigenvalue weighted by atomic mass is 127. The van der Waals surface area contributed by atoms with Crippen LogP contribution >= 0.6 is 24.0 Å². The summed E-state index contributed by atoms with van der Waals surface area (Å²) < 4.78 is 5.61. The number of hydrogen-bond donors (Lipinski definition) is 2. The zero-order valence-corrected chi connectivity index (χ0v) is 21.1. The molecule has 2 heterocycles. The Balaban J connectivity index is 0.00000300. The van der Waals surface area contributed by atoms with Gasteiger partial charge in [0.2, 0.25) is 0 Å². The number of aliphatic imine (C=N–C) groups is 1. The van der Waals surface area contributed by atoms with Crippen molar-refractivity contribution in [3.05, 3.63) is 0 Å². The van der Waals surface area contributed by atoms with Crippen LogP contribution in [0.4, 0.5) is 0 Å². The number of morpholine rings is 1. The van der Waals surface area contributed by atoms with Crippen molar-refractivity contribution in [1.82, 2.24) is 25.3 Å².